The van der Waals surface area contributed by atoms with Crippen LogP contribution in [-0.2, 0) is 13.6 Å². The summed E-state index contributed by atoms with van der Waals surface area (Å²) in [6, 6.07) is 1.09. The van der Waals surface area contributed by atoms with Gasteiger partial charge in [-0.1, -0.05) is 20.8 Å². The summed E-state index contributed by atoms with van der Waals surface area (Å²) in [5.41, 5.74) is 2.62. The lowest BCUT2D eigenvalue weighted by Crippen LogP contribution is -2.59. The first-order chi connectivity index (χ1) is 9.20. The largest absolute Gasteiger partial charge is 0.311 e. The van der Waals surface area contributed by atoms with Gasteiger partial charge in [-0.25, -0.2) is 0 Å². The van der Waals surface area contributed by atoms with Gasteiger partial charge in [0.1, 0.15) is 0 Å². The standard InChI is InChI=1S/C15H27BrN4/c1-10-7-17-13(15(3,4)5)9-20(10)8-12-14(16)11(2)18-19(12)6/h10,13,17H,7-9H2,1-6H3. The van der Waals surface area contributed by atoms with Crippen molar-refractivity contribution in [3.05, 3.63) is 15.9 Å². The van der Waals surface area contributed by atoms with Gasteiger partial charge in [0.2, 0.25) is 0 Å². The Kier molecular flexibility index (Phi) is 4.62. The minimum absolute atomic E-state index is 0.290. The molecule has 4 nitrogen and oxygen atoms in total. The van der Waals surface area contributed by atoms with E-state index in [2.05, 4.69) is 58.9 Å². The minimum atomic E-state index is 0.290. The quantitative estimate of drug-likeness (QED) is 0.896. The van der Waals surface area contributed by atoms with Gasteiger partial charge < -0.3 is 5.32 Å². The van der Waals surface area contributed by atoms with Gasteiger partial charge in [-0.2, -0.15) is 5.10 Å². The molecule has 2 heterocycles. The summed E-state index contributed by atoms with van der Waals surface area (Å²) in [6.45, 7) is 14.4. The maximum absolute atomic E-state index is 4.50. The molecule has 2 atom stereocenters. The van der Waals surface area contributed by atoms with E-state index in [-0.39, 0.29) is 5.41 Å². The van der Waals surface area contributed by atoms with Gasteiger partial charge in [0.05, 0.1) is 15.9 Å². The third-order valence-corrected chi connectivity index (χ3v) is 5.39. The van der Waals surface area contributed by atoms with Crippen LogP contribution in [-0.4, -0.2) is 39.9 Å². The number of piperazine rings is 1. The first-order valence-corrected chi connectivity index (χ1v) is 8.15. The van der Waals surface area contributed by atoms with Crippen LogP contribution in [0.3, 0.4) is 0 Å². The van der Waals surface area contributed by atoms with E-state index in [0.717, 1.165) is 29.8 Å². The summed E-state index contributed by atoms with van der Waals surface area (Å²) in [6.07, 6.45) is 0. The van der Waals surface area contributed by atoms with Crippen LogP contribution in [0.15, 0.2) is 4.47 Å². The van der Waals surface area contributed by atoms with Crippen LogP contribution in [0.5, 0.6) is 0 Å². The third kappa shape index (κ3) is 3.26. The van der Waals surface area contributed by atoms with Crippen LogP contribution in [0.1, 0.15) is 39.1 Å². The smallest absolute Gasteiger partial charge is 0.0739 e. The first kappa shape index (κ1) is 16.0. The van der Waals surface area contributed by atoms with Gasteiger partial charge in [0.15, 0.2) is 0 Å². The molecule has 20 heavy (non-hydrogen) atoms. The number of hydrogen-bond acceptors (Lipinski definition) is 3. The Hall–Kier alpha value is -0.390. The highest BCUT2D eigenvalue weighted by Crippen LogP contribution is 2.27. The molecule has 2 rings (SSSR count). The van der Waals surface area contributed by atoms with Crippen molar-refractivity contribution in [1.29, 1.82) is 0 Å². The number of nitrogens with zero attached hydrogens (tertiary/aromatic N) is 3. The molecule has 0 bridgehead atoms. The first-order valence-electron chi connectivity index (χ1n) is 7.35. The number of nitrogens with one attached hydrogen (secondary N) is 1. The molecule has 1 aromatic heterocycles. The van der Waals surface area contributed by atoms with Crippen LogP contribution < -0.4 is 5.32 Å². The second-order valence-corrected chi connectivity index (χ2v) is 7.87. The maximum atomic E-state index is 4.50. The van der Waals surface area contributed by atoms with Gasteiger partial charge in [-0.05, 0) is 35.2 Å². The molecule has 0 radical (unpaired) electrons. The van der Waals surface area contributed by atoms with Crippen molar-refractivity contribution in [1.82, 2.24) is 20.0 Å². The number of aromatic nitrogens is 2. The highest BCUT2D eigenvalue weighted by atomic mass is 79.9. The molecule has 1 aromatic rings. The molecule has 1 saturated heterocycles. The SMILES string of the molecule is Cc1nn(C)c(CN2CC(C(C)(C)C)NCC2C)c1Br. The zero-order chi connectivity index (χ0) is 15.1. The predicted octanol–water partition coefficient (Wildman–Crippen LogP) is 2.70. The average molecular weight is 343 g/mol. The number of rotatable bonds is 2. The highest BCUT2D eigenvalue weighted by molar-refractivity contribution is 9.10. The zero-order valence-electron chi connectivity index (χ0n) is 13.5. The second kappa shape index (κ2) is 5.78. The van der Waals surface area contributed by atoms with E-state index in [1.165, 1.54) is 5.69 Å². The average Bonchev–Trinajstić information content (AvgIpc) is 2.57. The predicted molar refractivity (Wildman–Crippen MR) is 86.8 cm³/mol. The lowest BCUT2D eigenvalue weighted by molar-refractivity contribution is 0.0855. The van der Waals surface area contributed by atoms with Crippen molar-refractivity contribution < 1.29 is 0 Å². The van der Waals surface area contributed by atoms with Gasteiger partial charge >= 0.3 is 0 Å². The van der Waals surface area contributed by atoms with Crippen LogP contribution in [0.4, 0.5) is 0 Å². The summed E-state index contributed by atoms with van der Waals surface area (Å²) < 4.78 is 3.15. The Morgan fingerprint density at radius 1 is 1.40 bits per heavy atom. The normalized spacial score (nSPS) is 25.1. The molecule has 1 aliphatic rings. The Balaban J connectivity index is 2.14. The molecule has 5 heteroatoms. The van der Waals surface area contributed by atoms with Crippen LogP contribution in [0.25, 0.3) is 0 Å². The molecule has 0 spiro atoms. The molecule has 0 amide bonds. The summed E-state index contributed by atoms with van der Waals surface area (Å²) in [7, 11) is 2.03. The van der Waals surface area contributed by atoms with Crippen LogP contribution in [0, 0.1) is 12.3 Å². The molecule has 0 aliphatic carbocycles. The monoisotopic (exact) mass is 342 g/mol. The van der Waals surface area contributed by atoms with E-state index in [4.69, 9.17) is 0 Å². The zero-order valence-corrected chi connectivity index (χ0v) is 15.1. The van der Waals surface area contributed by atoms with Crippen molar-refractivity contribution in [2.75, 3.05) is 13.1 Å². The van der Waals surface area contributed by atoms with Gasteiger partial charge in [-0.3, -0.25) is 9.58 Å². The summed E-state index contributed by atoms with van der Waals surface area (Å²) in [5, 5.41) is 8.18. The lowest BCUT2D eigenvalue weighted by atomic mass is 9.85. The Morgan fingerprint density at radius 2 is 2.05 bits per heavy atom. The summed E-state index contributed by atoms with van der Waals surface area (Å²) >= 11 is 3.68. The van der Waals surface area contributed by atoms with E-state index >= 15 is 0 Å². The van der Waals surface area contributed by atoms with E-state index in [0.29, 0.717) is 12.1 Å². The van der Waals surface area contributed by atoms with Crippen molar-refractivity contribution >= 4 is 15.9 Å². The third-order valence-electron chi connectivity index (χ3n) is 4.36. The van der Waals surface area contributed by atoms with Crippen LogP contribution in [0.2, 0.25) is 0 Å². The minimum Gasteiger partial charge on any atom is -0.311 e. The van der Waals surface area contributed by atoms with Crippen molar-refractivity contribution in [2.45, 2.75) is 53.2 Å². The molecule has 1 N–H and O–H groups in total. The number of aryl methyl sites for hydroxylation is 2. The highest BCUT2D eigenvalue weighted by Gasteiger charge is 2.33. The van der Waals surface area contributed by atoms with E-state index in [1.807, 2.05) is 18.7 Å². The lowest BCUT2D eigenvalue weighted by Gasteiger charge is -2.44. The summed E-state index contributed by atoms with van der Waals surface area (Å²) in [4.78, 5) is 2.56. The topological polar surface area (TPSA) is 33.1 Å². The molecule has 0 aromatic carbocycles. The Bertz CT molecular complexity index is 475. The van der Waals surface area contributed by atoms with E-state index in [9.17, 15) is 0 Å². The van der Waals surface area contributed by atoms with Crippen LogP contribution >= 0.6 is 15.9 Å². The van der Waals surface area contributed by atoms with Gasteiger partial charge in [-0.15, -0.1) is 0 Å². The summed E-state index contributed by atoms with van der Waals surface area (Å²) in [5.74, 6) is 0. The fourth-order valence-electron chi connectivity index (χ4n) is 2.77. The molecule has 1 fully saturated rings. The van der Waals surface area contributed by atoms with Crippen molar-refractivity contribution in [2.24, 2.45) is 12.5 Å². The van der Waals surface area contributed by atoms with Crippen molar-refractivity contribution in [3.63, 3.8) is 0 Å². The Morgan fingerprint density at radius 3 is 2.55 bits per heavy atom. The van der Waals surface area contributed by atoms with E-state index in [1.54, 1.807) is 0 Å². The molecule has 2 unspecified atom stereocenters. The van der Waals surface area contributed by atoms with Gasteiger partial charge in [0, 0.05) is 38.8 Å². The molecular formula is C15H27BrN4. The fraction of sp³-hybridized carbons (Fsp3) is 0.800. The van der Waals surface area contributed by atoms with Gasteiger partial charge in [0.25, 0.3) is 0 Å². The van der Waals surface area contributed by atoms with E-state index < -0.39 is 0 Å². The molecular weight excluding hydrogens is 316 g/mol. The number of hydrogen-bond donors (Lipinski definition) is 1. The fourth-order valence-corrected chi connectivity index (χ4v) is 3.23. The second-order valence-electron chi connectivity index (χ2n) is 7.08. The molecule has 0 saturated carbocycles. The number of halogens is 1. The van der Waals surface area contributed by atoms with Crippen molar-refractivity contribution in [3.8, 4) is 0 Å². The molecule has 114 valence electrons. The Labute approximate surface area is 131 Å². The maximum Gasteiger partial charge on any atom is 0.0739 e. The molecule has 1 aliphatic heterocycles.